The Morgan fingerprint density at radius 1 is 1.30 bits per heavy atom. The van der Waals surface area contributed by atoms with Crippen molar-refractivity contribution in [3.8, 4) is 0 Å². The van der Waals surface area contributed by atoms with Gasteiger partial charge in [-0.25, -0.2) is 0 Å². The number of methoxy groups -OCH3 is 1. The normalized spacial score (nSPS) is 10.5. The van der Waals surface area contributed by atoms with Crippen LogP contribution < -0.4 is 10.6 Å². The number of carbonyl (C=O) groups excluding carboxylic acids is 1. The summed E-state index contributed by atoms with van der Waals surface area (Å²) in [6.07, 6.45) is 0.532. The topological polar surface area (TPSA) is 50.4 Å². The zero-order valence-corrected chi connectivity index (χ0v) is 14.1. The molecular weight excluding hydrogens is 340 g/mol. The van der Waals surface area contributed by atoms with Crippen molar-refractivity contribution in [3.05, 3.63) is 28.7 Å². The number of halogens is 1. The Kier molecular flexibility index (Phi) is 9.74. The second kappa shape index (κ2) is 11.1. The van der Waals surface area contributed by atoms with Gasteiger partial charge in [0.25, 0.3) is 0 Å². The first kappa shape index (κ1) is 17.5. The lowest BCUT2D eigenvalue weighted by Crippen LogP contribution is -2.33. The summed E-state index contributed by atoms with van der Waals surface area (Å²) < 4.78 is 5.99. The third kappa shape index (κ3) is 7.89. The first-order chi connectivity index (χ1) is 9.74. The molecule has 0 aromatic heterocycles. The Hall–Kier alpha value is -0.560. The highest BCUT2D eigenvalue weighted by Crippen LogP contribution is 2.27. The van der Waals surface area contributed by atoms with Crippen LogP contribution in [0.4, 0.5) is 0 Å². The quantitative estimate of drug-likeness (QED) is 0.496. The molecule has 1 aromatic rings. The molecule has 6 heteroatoms. The van der Waals surface area contributed by atoms with Crippen LogP contribution in [0, 0.1) is 0 Å². The van der Waals surface area contributed by atoms with Crippen molar-refractivity contribution in [1.82, 2.24) is 10.6 Å². The van der Waals surface area contributed by atoms with E-state index >= 15 is 0 Å². The highest BCUT2D eigenvalue weighted by Gasteiger charge is 2.03. The second-order valence-corrected chi connectivity index (χ2v) is 6.11. The van der Waals surface area contributed by atoms with E-state index < -0.39 is 0 Å². The van der Waals surface area contributed by atoms with Crippen molar-refractivity contribution in [2.45, 2.75) is 11.3 Å². The van der Waals surface area contributed by atoms with Gasteiger partial charge in [0.15, 0.2) is 0 Å². The molecule has 20 heavy (non-hydrogen) atoms. The molecule has 0 saturated carbocycles. The maximum Gasteiger partial charge on any atom is 0.220 e. The van der Waals surface area contributed by atoms with Crippen LogP contribution in [0.3, 0.4) is 0 Å². The van der Waals surface area contributed by atoms with Crippen LogP contribution in [0.25, 0.3) is 0 Å². The molecule has 0 fully saturated rings. The zero-order valence-electron chi connectivity index (χ0n) is 11.7. The molecule has 0 saturated heterocycles. The van der Waals surface area contributed by atoms with Crippen LogP contribution in [0.1, 0.15) is 6.42 Å². The minimum atomic E-state index is 0.0955. The van der Waals surface area contributed by atoms with E-state index in [9.17, 15) is 4.79 Å². The number of hydrogen-bond donors (Lipinski definition) is 2. The Bertz CT molecular complexity index is 405. The van der Waals surface area contributed by atoms with Crippen LogP contribution >= 0.6 is 27.7 Å². The molecule has 0 atom stereocenters. The lowest BCUT2D eigenvalue weighted by atomic mass is 10.4. The van der Waals surface area contributed by atoms with Gasteiger partial charge in [0.05, 0.1) is 6.61 Å². The molecule has 1 amide bonds. The molecule has 1 rings (SSSR count). The molecule has 2 N–H and O–H groups in total. The van der Waals surface area contributed by atoms with Crippen molar-refractivity contribution >= 4 is 33.6 Å². The Morgan fingerprint density at radius 2 is 2.10 bits per heavy atom. The summed E-state index contributed by atoms with van der Waals surface area (Å²) in [6, 6.07) is 8.04. The maximum atomic E-state index is 11.6. The third-order valence-corrected chi connectivity index (χ3v) is 4.56. The molecule has 0 aliphatic rings. The van der Waals surface area contributed by atoms with E-state index in [2.05, 4.69) is 26.6 Å². The highest BCUT2D eigenvalue weighted by atomic mass is 79.9. The monoisotopic (exact) mass is 360 g/mol. The van der Waals surface area contributed by atoms with Crippen molar-refractivity contribution in [2.24, 2.45) is 0 Å². The molecule has 0 bridgehead atoms. The second-order valence-electron chi connectivity index (χ2n) is 4.12. The fourth-order valence-electron chi connectivity index (χ4n) is 1.49. The van der Waals surface area contributed by atoms with E-state index in [1.54, 1.807) is 18.9 Å². The van der Waals surface area contributed by atoms with Gasteiger partial charge in [-0.2, -0.15) is 0 Å². The molecule has 0 radical (unpaired) electrons. The van der Waals surface area contributed by atoms with E-state index in [0.29, 0.717) is 19.6 Å². The average molecular weight is 361 g/mol. The maximum absolute atomic E-state index is 11.6. The molecule has 0 aliphatic heterocycles. The number of rotatable bonds is 10. The van der Waals surface area contributed by atoms with Gasteiger partial charge < -0.3 is 15.4 Å². The Balaban J connectivity index is 2.04. The predicted octanol–water partition coefficient (Wildman–Crippen LogP) is 2.28. The van der Waals surface area contributed by atoms with Crippen molar-refractivity contribution in [3.63, 3.8) is 0 Å². The fraction of sp³-hybridized carbons (Fsp3) is 0.500. The molecule has 0 unspecified atom stereocenters. The molecule has 0 aliphatic carbocycles. The molecule has 112 valence electrons. The first-order valence-electron chi connectivity index (χ1n) is 6.57. The van der Waals surface area contributed by atoms with Crippen LogP contribution in [0.15, 0.2) is 33.6 Å². The van der Waals surface area contributed by atoms with Crippen molar-refractivity contribution < 1.29 is 9.53 Å². The van der Waals surface area contributed by atoms with Gasteiger partial charge in [0.1, 0.15) is 0 Å². The Labute approximate surface area is 133 Å². The van der Waals surface area contributed by atoms with Gasteiger partial charge in [0.2, 0.25) is 5.91 Å². The summed E-state index contributed by atoms with van der Waals surface area (Å²) in [5.74, 6) is 0.879. The van der Waals surface area contributed by atoms with Crippen LogP contribution in [0.5, 0.6) is 0 Å². The van der Waals surface area contributed by atoms with Crippen molar-refractivity contribution in [1.29, 1.82) is 0 Å². The lowest BCUT2D eigenvalue weighted by Gasteiger charge is -2.07. The minimum Gasteiger partial charge on any atom is -0.383 e. The van der Waals surface area contributed by atoms with E-state index in [-0.39, 0.29) is 5.91 Å². The van der Waals surface area contributed by atoms with E-state index in [0.717, 1.165) is 23.3 Å². The zero-order chi connectivity index (χ0) is 14.6. The first-order valence-corrected chi connectivity index (χ1v) is 8.35. The Morgan fingerprint density at radius 3 is 2.85 bits per heavy atom. The van der Waals surface area contributed by atoms with Crippen LogP contribution in [-0.2, 0) is 9.53 Å². The smallest absolute Gasteiger partial charge is 0.220 e. The summed E-state index contributed by atoms with van der Waals surface area (Å²) in [6.45, 7) is 2.93. The largest absolute Gasteiger partial charge is 0.383 e. The van der Waals surface area contributed by atoms with Gasteiger partial charge >= 0.3 is 0 Å². The molecule has 0 heterocycles. The fourth-order valence-corrected chi connectivity index (χ4v) is 3.01. The van der Waals surface area contributed by atoms with Gasteiger partial charge in [-0.15, -0.1) is 11.8 Å². The standard InChI is InChI=1S/C14H21BrN2O2S/c1-19-10-9-16-7-8-17-14(18)6-11-20-13-5-3-2-4-12(13)15/h2-5,16H,6-11H2,1H3,(H,17,18). The van der Waals surface area contributed by atoms with Gasteiger partial charge in [-0.05, 0) is 28.1 Å². The third-order valence-electron chi connectivity index (χ3n) is 2.53. The summed E-state index contributed by atoms with van der Waals surface area (Å²) in [7, 11) is 1.67. The summed E-state index contributed by atoms with van der Waals surface area (Å²) in [5.41, 5.74) is 0. The van der Waals surface area contributed by atoms with Gasteiger partial charge in [-0.1, -0.05) is 12.1 Å². The van der Waals surface area contributed by atoms with Crippen LogP contribution in [0.2, 0.25) is 0 Å². The molecule has 4 nitrogen and oxygen atoms in total. The summed E-state index contributed by atoms with van der Waals surface area (Å²) >= 11 is 5.18. The van der Waals surface area contributed by atoms with Gasteiger partial charge in [0, 0.05) is 48.3 Å². The number of thioether (sulfide) groups is 1. The minimum absolute atomic E-state index is 0.0955. The number of nitrogens with one attached hydrogen (secondary N) is 2. The van der Waals surface area contributed by atoms with E-state index in [1.165, 1.54) is 4.90 Å². The van der Waals surface area contributed by atoms with Crippen LogP contribution in [-0.4, -0.2) is 45.0 Å². The average Bonchev–Trinajstić information content (AvgIpc) is 2.45. The van der Waals surface area contributed by atoms with E-state index in [4.69, 9.17) is 4.74 Å². The lowest BCUT2D eigenvalue weighted by molar-refractivity contribution is -0.120. The number of benzene rings is 1. The predicted molar refractivity (Wildman–Crippen MR) is 87.2 cm³/mol. The summed E-state index contributed by atoms with van der Waals surface area (Å²) in [5, 5.41) is 6.07. The molecular formula is C14H21BrN2O2S. The van der Waals surface area contributed by atoms with Crippen molar-refractivity contribution in [2.75, 3.05) is 39.1 Å². The van der Waals surface area contributed by atoms with E-state index in [1.807, 2.05) is 24.3 Å². The molecule has 0 spiro atoms. The number of amides is 1. The number of carbonyl (C=O) groups is 1. The highest BCUT2D eigenvalue weighted by molar-refractivity contribution is 9.10. The van der Waals surface area contributed by atoms with Gasteiger partial charge in [-0.3, -0.25) is 4.79 Å². The molecule has 1 aromatic carbocycles. The number of hydrogen-bond acceptors (Lipinski definition) is 4. The number of ether oxygens (including phenoxy) is 1. The summed E-state index contributed by atoms with van der Waals surface area (Å²) in [4.78, 5) is 12.8. The SMILES string of the molecule is COCCNCCNC(=O)CCSc1ccccc1Br.